The average molecular weight is 402 g/mol. The Balaban J connectivity index is 2.49. The number of nitrogens with one attached hydrogen (secondary N) is 1. The summed E-state index contributed by atoms with van der Waals surface area (Å²) >= 11 is 0. The van der Waals surface area contributed by atoms with Gasteiger partial charge in [0.1, 0.15) is 6.07 Å². The molecular formula is C20H22N2O5S. The lowest BCUT2D eigenvalue weighted by Gasteiger charge is -2.13. The van der Waals surface area contributed by atoms with Crippen LogP contribution in [0.15, 0.2) is 35.2 Å². The number of allylic oxidation sites excluding steroid dienone is 1. The van der Waals surface area contributed by atoms with E-state index < -0.39 is 14.9 Å². The number of rotatable bonds is 7. The summed E-state index contributed by atoms with van der Waals surface area (Å²) in [7, 11) is 0.296. The molecule has 0 radical (unpaired) electrons. The Hall–Kier alpha value is -3.18. The van der Waals surface area contributed by atoms with Crippen LogP contribution in [0.3, 0.4) is 0 Å². The van der Waals surface area contributed by atoms with Crippen molar-refractivity contribution in [3.63, 3.8) is 0 Å². The first kappa shape index (κ1) is 21.1. The highest BCUT2D eigenvalue weighted by Gasteiger charge is 2.20. The lowest BCUT2D eigenvalue weighted by molar-refractivity contribution is 0.324. The summed E-state index contributed by atoms with van der Waals surface area (Å²) in [5.41, 5.74) is 2.59. The number of hydrogen-bond acceptors (Lipinski definition) is 6. The number of nitrogens with zero attached hydrogens (tertiary/aromatic N) is 1. The van der Waals surface area contributed by atoms with Crippen LogP contribution in [0, 0.1) is 25.2 Å². The smallest absolute Gasteiger partial charge is 0.272 e. The number of sulfonamides is 1. The number of nitriles is 1. The summed E-state index contributed by atoms with van der Waals surface area (Å²) in [5, 5.41) is 9.44. The van der Waals surface area contributed by atoms with Gasteiger partial charge in [0, 0.05) is 0 Å². The molecule has 0 saturated heterocycles. The molecule has 0 bridgehead atoms. The zero-order valence-electron chi connectivity index (χ0n) is 16.4. The van der Waals surface area contributed by atoms with E-state index in [1.807, 2.05) is 13.0 Å². The SMILES string of the molecule is COc1cc(/C=C(\C#N)S(=O)(=O)Nc2ccc(C)cc2C)cc(OC)c1OC. The number of methoxy groups -OCH3 is 3. The van der Waals surface area contributed by atoms with Gasteiger partial charge >= 0.3 is 0 Å². The molecule has 0 aromatic heterocycles. The van der Waals surface area contributed by atoms with Crippen molar-refractivity contribution in [1.29, 1.82) is 5.26 Å². The van der Waals surface area contributed by atoms with Gasteiger partial charge in [-0.1, -0.05) is 17.7 Å². The zero-order valence-corrected chi connectivity index (χ0v) is 17.2. The van der Waals surface area contributed by atoms with Crippen LogP contribution in [0.2, 0.25) is 0 Å². The Morgan fingerprint density at radius 3 is 2.11 bits per heavy atom. The number of hydrogen-bond donors (Lipinski definition) is 1. The van der Waals surface area contributed by atoms with Crippen molar-refractivity contribution in [3.05, 3.63) is 51.9 Å². The van der Waals surface area contributed by atoms with Crippen LogP contribution in [-0.2, 0) is 10.0 Å². The summed E-state index contributed by atoms with van der Waals surface area (Å²) in [5.74, 6) is 1.08. The zero-order chi connectivity index (χ0) is 20.9. The van der Waals surface area contributed by atoms with Gasteiger partial charge in [0.15, 0.2) is 16.4 Å². The number of anilines is 1. The lowest BCUT2D eigenvalue weighted by atomic mass is 10.1. The lowest BCUT2D eigenvalue weighted by Crippen LogP contribution is -2.15. The van der Waals surface area contributed by atoms with Gasteiger partial charge in [-0.2, -0.15) is 5.26 Å². The van der Waals surface area contributed by atoms with Crippen LogP contribution < -0.4 is 18.9 Å². The highest BCUT2D eigenvalue weighted by Crippen LogP contribution is 2.39. The van der Waals surface area contributed by atoms with Gasteiger partial charge in [-0.3, -0.25) is 4.72 Å². The van der Waals surface area contributed by atoms with Crippen molar-refractivity contribution >= 4 is 21.8 Å². The summed E-state index contributed by atoms with van der Waals surface area (Å²) in [6.07, 6.45) is 1.25. The molecule has 0 aliphatic rings. The van der Waals surface area contributed by atoms with E-state index in [1.165, 1.54) is 27.4 Å². The molecule has 2 aromatic carbocycles. The third kappa shape index (κ3) is 4.56. The van der Waals surface area contributed by atoms with Gasteiger partial charge < -0.3 is 14.2 Å². The molecule has 0 unspecified atom stereocenters. The molecule has 7 nitrogen and oxygen atoms in total. The minimum absolute atomic E-state index is 0.352. The van der Waals surface area contributed by atoms with Gasteiger partial charge in [0.25, 0.3) is 10.0 Å². The third-order valence-electron chi connectivity index (χ3n) is 4.01. The maximum absolute atomic E-state index is 12.7. The van der Waals surface area contributed by atoms with Crippen LogP contribution >= 0.6 is 0 Å². The van der Waals surface area contributed by atoms with Crippen LogP contribution in [0.5, 0.6) is 17.2 Å². The fourth-order valence-electron chi connectivity index (χ4n) is 2.63. The second kappa shape index (κ2) is 8.67. The average Bonchev–Trinajstić information content (AvgIpc) is 2.67. The van der Waals surface area contributed by atoms with E-state index in [4.69, 9.17) is 14.2 Å². The molecule has 28 heavy (non-hydrogen) atoms. The Labute approximate surface area is 165 Å². The summed E-state index contributed by atoms with van der Waals surface area (Å²) in [6, 6.07) is 10.2. The quantitative estimate of drug-likeness (QED) is 0.710. The minimum atomic E-state index is -4.08. The molecular weight excluding hydrogens is 380 g/mol. The highest BCUT2D eigenvalue weighted by atomic mass is 32.2. The molecule has 0 aliphatic carbocycles. The molecule has 0 heterocycles. The van der Waals surface area contributed by atoms with Crippen LogP contribution in [0.4, 0.5) is 5.69 Å². The Bertz CT molecular complexity index is 1030. The van der Waals surface area contributed by atoms with Gasteiger partial charge in [0.05, 0.1) is 27.0 Å². The predicted octanol–water partition coefficient (Wildman–Crippen LogP) is 3.64. The molecule has 0 saturated carbocycles. The topological polar surface area (TPSA) is 97.7 Å². The first-order valence-corrected chi connectivity index (χ1v) is 9.76. The van der Waals surface area contributed by atoms with E-state index in [0.717, 1.165) is 11.1 Å². The number of ether oxygens (including phenoxy) is 3. The van der Waals surface area contributed by atoms with Gasteiger partial charge in [-0.05, 0) is 49.2 Å². The molecule has 0 atom stereocenters. The van der Waals surface area contributed by atoms with Crippen molar-refractivity contribution in [2.75, 3.05) is 26.1 Å². The normalized spacial score (nSPS) is 11.5. The van der Waals surface area contributed by atoms with E-state index in [2.05, 4.69) is 4.72 Å². The molecule has 1 N–H and O–H groups in total. The van der Waals surface area contributed by atoms with Crippen molar-refractivity contribution in [3.8, 4) is 23.3 Å². The van der Waals surface area contributed by atoms with Crippen molar-refractivity contribution < 1.29 is 22.6 Å². The Morgan fingerprint density at radius 1 is 1.04 bits per heavy atom. The monoisotopic (exact) mass is 402 g/mol. The Morgan fingerprint density at radius 2 is 1.64 bits per heavy atom. The standard InChI is InChI=1S/C20H22N2O5S/c1-13-6-7-17(14(2)8-13)22-28(23,24)16(12-21)9-15-10-18(25-3)20(27-5)19(11-15)26-4/h6-11,22H,1-5H3/b16-9+. The molecule has 2 rings (SSSR count). The largest absolute Gasteiger partial charge is 0.493 e. The summed E-state index contributed by atoms with van der Waals surface area (Å²) < 4.78 is 43.7. The first-order chi connectivity index (χ1) is 13.2. The molecule has 2 aromatic rings. The second-order valence-corrected chi connectivity index (χ2v) is 7.65. The molecule has 0 aliphatic heterocycles. The van der Waals surface area contributed by atoms with Crippen LogP contribution in [0.1, 0.15) is 16.7 Å². The Kier molecular flexibility index (Phi) is 6.54. The van der Waals surface area contributed by atoms with Crippen LogP contribution in [0.25, 0.3) is 6.08 Å². The van der Waals surface area contributed by atoms with E-state index in [-0.39, 0.29) is 0 Å². The fraction of sp³-hybridized carbons (Fsp3) is 0.250. The molecule has 0 amide bonds. The van der Waals surface area contributed by atoms with Gasteiger partial charge in [-0.15, -0.1) is 0 Å². The van der Waals surface area contributed by atoms with Crippen molar-refractivity contribution in [2.45, 2.75) is 13.8 Å². The molecule has 0 fully saturated rings. The van der Waals surface area contributed by atoms with Crippen LogP contribution in [-0.4, -0.2) is 29.7 Å². The van der Waals surface area contributed by atoms with Gasteiger partial charge in [-0.25, -0.2) is 8.42 Å². The summed E-state index contributed by atoms with van der Waals surface area (Å²) in [4.78, 5) is -0.443. The predicted molar refractivity (Wildman–Crippen MR) is 108 cm³/mol. The van der Waals surface area contributed by atoms with Gasteiger partial charge in [0.2, 0.25) is 5.75 Å². The van der Waals surface area contributed by atoms with E-state index in [0.29, 0.717) is 28.5 Å². The van der Waals surface area contributed by atoms with E-state index >= 15 is 0 Å². The first-order valence-electron chi connectivity index (χ1n) is 8.27. The second-order valence-electron chi connectivity index (χ2n) is 6.00. The summed E-state index contributed by atoms with van der Waals surface area (Å²) in [6.45, 7) is 3.70. The molecule has 8 heteroatoms. The molecule has 148 valence electrons. The molecule has 0 spiro atoms. The maximum Gasteiger partial charge on any atom is 0.272 e. The van der Waals surface area contributed by atoms with Crippen molar-refractivity contribution in [2.24, 2.45) is 0 Å². The minimum Gasteiger partial charge on any atom is -0.493 e. The highest BCUT2D eigenvalue weighted by molar-refractivity contribution is 7.97. The maximum atomic E-state index is 12.7. The number of benzene rings is 2. The van der Waals surface area contributed by atoms with E-state index in [9.17, 15) is 13.7 Å². The van der Waals surface area contributed by atoms with E-state index in [1.54, 1.807) is 37.3 Å². The third-order valence-corrected chi connectivity index (χ3v) is 5.29. The fourth-order valence-corrected chi connectivity index (χ4v) is 3.67. The van der Waals surface area contributed by atoms with Crippen molar-refractivity contribution in [1.82, 2.24) is 0 Å². The number of aryl methyl sites for hydroxylation is 2.